The average molecular weight is 154 g/mol. The molecule has 0 aliphatic carbocycles. The zero-order valence-corrected chi connectivity index (χ0v) is 5.31. The summed E-state index contributed by atoms with van der Waals surface area (Å²) in [6.07, 6.45) is -4.72. The molecule has 0 aromatic heterocycles. The van der Waals surface area contributed by atoms with Gasteiger partial charge in [-0.2, -0.15) is 0 Å². The van der Waals surface area contributed by atoms with Gasteiger partial charge in [0, 0.05) is 0 Å². The van der Waals surface area contributed by atoms with E-state index in [1.165, 1.54) is 0 Å². The van der Waals surface area contributed by atoms with E-state index in [-0.39, 0.29) is 0 Å². The lowest BCUT2D eigenvalue weighted by molar-refractivity contribution is -0.0817. The maximum absolute atomic E-state index is 11.5. The molecule has 0 aromatic carbocycles. The number of hydrogen-bond donors (Lipinski definition) is 4. The summed E-state index contributed by atoms with van der Waals surface area (Å²) in [5.41, 5.74) is 0. The lowest BCUT2D eigenvalue weighted by Gasteiger charge is -2.18. The van der Waals surface area contributed by atoms with Crippen LogP contribution in [-0.2, 0) is 0 Å². The predicted octanol–water partition coefficient (Wildman–Crippen LogP) is -1.97. The molecule has 5 heteroatoms. The summed E-state index contributed by atoms with van der Waals surface area (Å²) in [5, 5.41) is 34.0. The molecule has 0 radical (unpaired) electrons. The first-order valence-corrected chi connectivity index (χ1v) is 2.84. The SMILES string of the molecule is OC[C@H](O)[C@H](O)[C@H](O)CF. The second-order valence-corrected chi connectivity index (χ2v) is 1.96. The largest absolute Gasteiger partial charge is 0.394 e. The van der Waals surface area contributed by atoms with Gasteiger partial charge in [-0.3, -0.25) is 0 Å². The van der Waals surface area contributed by atoms with Gasteiger partial charge in [0.05, 0.1) is 6.61 Å². The minimum absolute atomic E-state index is 0.696. The maximum atomic E-state index is 11.5. The highest BCUT2D eigenvalue weighted by Gasteiger charge is 2.23. The fraction of sp³-hybridized carbons (Fsp3) is 1.00. The summed E-state index contributed by atoms with van der Waals surface area (Å²) in [6.45, 7) is -1.84. The van der Waals surface area contributed by atoms with E-state index in [0.29, 0.717) is 0 Å². The van der Waals surface area contributed by atoms with Crippen molar-refractivity contribution in [2.45, 2.75) is 18.3 Å². The van der Waals surface area contributed by atoms with Crippen LogP contribution >= 0.6 is 0 Å². The molecule has 0 rings (SSSR count). The van der Waals surface area contributed by atoms with Crippen LogP contribution in [0.2, 0.25) is 0 Å². The molecule has 62 valence electrons. The topological polar surface area (TPSA) is 80.9 Å². The van der Waals surface area contributed by atoms with Crippen LogP contribution in [0.25, 0.3) is 0 Å². The Kier molecular flexibility index (Phi) is 4.46. The standard InChI is InChI=1S/C5H11FO4/c6-1-3(8)5(10)4(9)2-7/h3-5,7-10H,1-2H2/t3-,4+,5-/m1/s1. The van der Waals surface area contributed by atoms with E-state index in [9.17, 15) is 4.39 Å². The highest BCUT2D eigenvalue weighted by molar-refractivity contribution is 4.73. The Morgan fingerprint density at radius 3 is 1.90 bits per heavy atom. The molecule has 0 aliphatic rings. The van der Waals surface area contributed by atoms with Crippen LogP contribution < -0.4 is 0 Å². The van der Waals surface area contributed by atoms with E-state index in [0.717, 1.165) is 0 Å². The third kappa shape index (κ3) is 2.57. The Bertz CT molecular complexity index is 79.7. The van der Waals surface area contributed by atoms with Crippen LogP contribution in [-0.4, -0.2) is 52.0 Å². The monoisotopic (exact) mass is 154 g/mol. The van der Waals surface area contributed by atoms with Crippen molar-refractivity contribution >= 4 is 0 Å². The van der Waals surface area contributed by atoms with E-state index in [4.69, 9.17) is 20.4 Å². The van der Waals surface area contributed by atoms with E-state index >= 15 is 0 Å². The normalized spacial score (nSPS) is 20.1. The lowest BCUT2D eigenvalue weighted by Crippen LogP contribution is -2.40. The van der Waals surface area contributed by atoms with Gasteiger partial charge in [-0.25, -0.2) is 4.39 Å². The van der Waals surface area contributed by atoms with E-state index in [2.05, 4.69) is 0 Å². The van der Waals surface area contributed by atoms with Gasteiger partial charge in [0.15, 0.2) is 0 Å². The van der Waals surface area contributed by atoms with Crippen LogP contribution in [0, 0.1) is 0 Å². The van der Waals surface area contributed by atoms with Crippen molar-refractivity contribution in [3.8, 4) is 0 Å². The van der Waals surface area contributed by atoms with Crippen molar-refractivity contribution in [3.63, 3.8) is 0 Å². The van der Waals surface area contributed by atoms with Gasteiger partial charge in [-0.1, -0.05) is 0 Å². The Morgan fingerprint density at radius 2 is 1.60 bits per heavy atom. The van der Waals surface area contributed by atoms with Crippen molar-refractivity contribution in [2.75, 3.05) is 13.3 Å². The first-order chi connectivity index (χ1) is 4.63. The summed E-state index contributed by atoms with van der Waals surface area (Å²) < 4.78 is 11.5. The first kappa shape index (κ1) is 9.77. The number of aliphatic hydroxyl groups excluding tert-OH is 4. The number of rotatable bonds is 4. The summed E-state index contributed by atoms with van der Waals surface area (Å²) in [4.78, 5) is 0. The zero-order chi connectivity index (χ0) is 8.15. The predicted molar refractivity (Wildman–Crippen MR) is 31.1 cm³/mol. The second-order valence-electron chi connectivity index (χ2n) is 1.96. The molecular formula is C5H11FO4. The molecule has 4 nitrogen and oxygen atoms in total. The zero-order valence-electron chi connectivity index (χ0n) is 5.31. The maximum Gasteiger partial charge on any atom is 0.118 e. The van der Waals surface area contributed by atoms with E-state index < -0.39 is 31.6 Å². The number of alkyl halides is 1. The van der Waals surface area contributed by atoms with E-state index in [1.807, 2.05) is 0 Å². The molecule has 0 fully saturated rings. The third-order valence-corrected chi connectivity index (χ3v) is 1.13. The summed E-state index contributed by atoms with van der Waals surface area (Å²) in [5.74, 6) is 0. The van der Waals surface area contributed by atoms with Crippen LogP contribution in [0.1, 0.15) is 0 Å². The van der Waals surface area contributed by atoms with Crippen LogP contribution in [0.4, 0.5) is 4.39 Å². The summed E-state index contributed by atoms with van der Waals surface area (Å²) >= 11 is 0. The Labute approximate surface area is 57.5 Å². The second kappa shape index (κ2) is 4.56. The molecule has 0 bridgehead atoms. The summed E-state index contributed by atoms with van der Waals surface area (Å²) in [6, 6.07) is 0. The molecule has 0 heterocycles. The minimum Gasteiger partial charge on any atom is -0.394 e. The highest BCUT2D eigenvalue weighted by Crippen LogP contribution is 1.99. The van der Waals surface area contributed by atoms with Gasteiger partial charge in [-0.15, -0.1) is 0 Å². The number of aliphatic hydroxyl groups is 4. The van der Waals surface area contributed by atoms with Crippen molar-refractivity contribution < 1.29 is 24.8 Å². The molecule has 0 aromatic rings. The van der Waals surface area contributed by atoms with E-state index in [1.54, 1.807) is 0 Å². The molecular weight excluding hydrogens is 143 g/mol. The number of halogens is 1. The van der Waals surface area contributed by atoms with Gasteiger partial charge in [0.1, 0.15) is 25.0 Å². The van der Waals surface area contributed by atoms with Crippen LogP contribution in [0.3, 0.4) is 0 Å². The van der Waals surface area contributed by atoms with Gasteiger partial charge < -0.3 is 20.4 Å². The molecule has 0 saturated carbocycles. The molecule has 0 saturated heterocycles. The van der Waals surface area contributed by atoms with Gasteiger partial charge in [0.2, 0.25) is 0 Å². The molecule has 0 spiro atoms. The molecule has 0 amide bonds. The fourth-order valence-corrected chi connectivity index (χ4v) is 0.456. The van der Waals surface area contributed by atoms with Crippen molar-refractivity contribution in [1.29, 1.82) is 0 Å². The first-order valence-electron chi connectivity index (χ1n) is 2.84. The average Bonchev–Trinajstić information content (AvgIpc) is 2.00. The molecule has 3 atom stereocenters. The molecule has 0 aliphatic heterocycles. The highest BCUT2D eigenvalue weighted by atomic mass is 19.1. The number of hydrogen-bond acceptors (Lipinski definition) is 4. The third-order valence-electron chi connectivity index (χ3n) is 1.13. The smallest absolute Gasteiger partial charge is 0.118 e. The van der Waals surface area contributed by atoms with Gasteiger partial charge in [0.25, 0.3) is 0 Å². The van der Waals surface area contributed by atoms with Crippen molar-refractivity contribution in [2.24, 2.45) is 0 Å². The minimum atomic E-state index is -1.62. The molecule has 0 unspecified atom stereocenters. The lowest BCUT2D eigenvalue weighted by atomic mass is 10.1. The molecule has 10 heavy (non-hydrogen) atoms. The van der Waals surface area contributed by atoms with Crippen molar-refractivity contribution in [3.05, 3.63) is 0 Å². The van der Waals surface area contributed by atoms with Gasteiger partial charge >= 0.3 is 0 Å². The van der Waals surface area contributed by atoms with Crippen LogP contribution in [0.5, 0.6) is 0 Å². The van der Waals surface area contributed by atoms with Crippen molar-refractivity contribution in [1.82, 2.24) is 0 Å². The fourth-order valence-electron chi connectivity index (χ4n) is 0.456. The molecule has 4 N–H and O–H groups in total. The van der Waals surface area contributed by atoms with Crippen LogP contribution in [0.15, 0.2) is 0 Å². The summed E-state index contributed by atoms with van der Waals surface area (Å²) in [7, 11) is 0. The van der Waals surface area contributed by atoms with Gasteiger partial charge in [-0.05, 0) is 0 Å². The quantitative estimate of drug-likeness (QED) is 0.378. The Morgan fingerprint density at radius 1 is 1.10 bits per heavy atom. The Balaban J connectivity index is 3.69. The Hall–Kier alpha value is -0.230.